The molecule has 0 spiro atoms. The highest BCUT2D eigenvalue weighted by Gasteiger charge is 2.23. The molecule has 8 nitrogen and oxygen atoms in total. The minimum atomic E-state index is -0.379. The first kappa shape index (κ1) is 12.9. The van der Waals surface area contributed by atoms with Crippen LogP contribution in [0.25, 0.3) is 11.2 Å². The molecule has 108 valence electrons. The SMILES string of the molecule is CC1COCCN1c1nc2c([nH]1)c(=O)n(C)c(=O)n2C. The first-order valence-corrected chi connectivity index (χ1v) is 6.51. The molecule has 0 aliphatic carbocycles. The summed E-state index contributed by atoms with van der Waals surface area (Å²) in [5.41, 5.74) is -0.00609. The minimum absolute atomic E-state index is 0.171. The number of rotatable bonds is 1. The number of aromatic amines is 1. The Kier molecular flexibility index (Phi) is 2.89. The Morgan fingerprint density at radius 1 is 1.30 bits per heavy atom. The molecule has 1 saturated heterocycles. The number of imidazole rings is 1. The molecular formula is C12H17N5O3. The Morgan fingerprint density at radius 2 is 2.05 bits per heavy atom. The van der Waals surface area contributed by atoms with Gasteiger partial charge in [-0.05, 0) is 6.92 Å². The lowest BCUT2D eigenvalue weighted by Gasteiger charge is -2.32. The van der Waals surface area contributed by atoms with Gasteiger partial charge in [-0.3, -0.25) is 13.9 Å². The van der Waals surface area contributed by atoms with Gasteiger partial charge in [0.2, 0.25) is 5.95 Å². The van der Waals surface area contributed by atoms with Gasteiger partial charge in [-0.15, -0.1) is 0 Å². The third-order valence-electron chi connectivity index (χ3n) is 3.72. The van der Waals surface area contributed by atoms with Crippen molar-refractivity contribution >= 4 is 17.1 Å². The van der Waals surface area contributed by atoms with Crippen molar-refractivity contribution in [1.29, 1.82) is 0 Å². The van der Waals surface area contributed by atoms with Crippen LogP contribution in [0.3, 0.4) is 0 Å². The highest BCUT2D eigenvalue weighted by molar-refractivity contribution is 5.73. The zero-order valence-corrected chi connectivity index (χ0v) is 11.7. The zero-order chi connectivity index (χ0) is 14.4. The lowest BCUT2D eigenvalue weighted by atomic mass is 10.3. The highest BCUT2D eigenvalue weighted by Crippen LogP contribution is 2.18. The predicted octanol–water partition coefficient (Wildman–Crippen LogP) is -0.815. The molecule has 8 heteroatoms. The van der Waals surface area contributed by atoms with Crippen molar-refractivity contribution in [2.75, 3.05) is 24.7 Å². The van der Waals surface area contributed by atoms with E-state index in [0.29, 0.717) is 36.9 Å². The summed E-state index contributed by atoms with van der Waals surface area (Å²) in [6.07, 6.45) is 0. The van der Waals surface area contributed by atoms with Gasteiger partial charge in [-0.1, -0.05) is 0 Å². The molecule has 0 amide bonds. The summed E-state index contributed by atoms with van der Waals surface area (Å²) >= 11 is 0. The number of ether oxygens (including phenoxy) is 1. The van der Waals surface area contributed by atoms with Crippen LogP contribution in [0, 0.1) is 0 Å². The summed E-state index contributed by atoms with van der Waals surface area (Å²) in [6, 6.07) is 0.171. The first-order valence-electron chi connectivity index (χ1n) is 6.51. The molecule has 3 heterocycles. The molecule has 1 fully saturated rings. The van der Waals surface area contributed by atoms with E-state index in [2.05, 4.69) is 9.97 Å². The average molecular weight is 279 g/mol. The summed E-state index contributed by atoms with van der Waals surface area (Å²) in [5.74, 6) is 0.606. The molecule has 1 N–H and O–H groups in total. The predicted molar refractivity (Wildman–Crippen MR) is 74.2 cm³/mol. The summed E-state index contributed by atoms with van der Waals surface area (Å²) in [6.45, 7) is 3.98. The smallest absolute Gasteiger partial charge is 0.332 e. The van der Waals surface area contributed by atoms with E-state index in [1.807, 2.05) is 11.8 Å². The molecule has 2 aromatic heterocycles. The molecule has 3 rings (SSSR count). The molecule has 0 radical (unpaired) electrons. The van der Waals surface area contributed by atoms with Crippen LogP contribution in [-0.2, 0) is 18.8 Å². The van der Waals surface area contributed by atoms with Crippen molar-refractivity contribution < 1.29 is 4.74 Å². The van der Waals surface area contributed by atoms with Crippen molar-refractivity contribution in [1.82, 2.24) is 19.1 Å². The third kappa shape index (κ3) is 1.75. The Labute approximate surface area is 114 Å². The van der Waals surface area contributed by atoms with Gasteiger partial charge < -0.3 is 14.6 Å². The second kappa shape index (κ2) is 4.48. The van der Waals surface area contributed by atoms with E-state index in [-0.39, 0.29) is 17.3 Å². The number of hydrogen-bond acceptors (Lipinski definition) is 5. The second-order valence-corrected chi connectivity index (χ2v) is 5.08. The number of fused-ring (bicyclic) bond motifs is 1. The van der Waals surface area contributed by atoms with E-state index in [1.165, 1.54) is 11.6 Å². The fourth-order valence-electron chi connectivity index (χ4n) is 2.49. The normalized spacial score (nSPS) is 19.8. The molecule has 2 aromatic rings. The number of aryl methyl sites for hydroxylation is 1. The van der Waals surface area contributed by atoms with E-state index in [4.69, 9.17) is 4.74 Å². The molecular weight excluding hydrogens is 262 g/mol. The second-order valence-electron chi connectivity index (χ2n) is 5.08. The van der Waals surface area contributed by atoms with Crippen LogP contribution in [0.1, 0.15) is 6.92 Å². The van der Waals surface area contributed by atoms with Crippen LogP contribution in [0.4, 0.5) is 5.95 Å². The van der Waals surface area contributed by atoms with Crippen molar-refractivity contribution in [2.45, 2.75) is 13.0 Å². The van der Waals surface area contributed by atoms with Crippen molar-refractivity contribution in [3.05, 3.63) is 20.8 Å². The maximum Gasteiger partial charge on any atom is 0.332 e. The van der Waals surface area contributed by atoms with Crippen LogP contribution < -0.4 is 16.1 Å². The minimum Gasteiger partial charge on any atom is -0.377 e. The van der Waals surface area contributed by atoms with Gasteiger partial charge in [0.25, 0.3) is 5.56 Å². The zero-order valence-electron chi connectivity index (χ0n) is 11.7. The Morgan fingerprint density at radius 3 is 2.75 bits per heavy atom. The van der Waals surface area contributed by atoms with Crippen LogP contribution in [-0.4, -0.2) is 44.9 Å². The number of hydrogen-bond donors (Lipinski definition) is 1. The van der Waals surface area contributed by atoms with Crippen LogP contribution in [0.2, 0.25) is 0 Å². The van der Waals surface area contributed by atoms with E-state index in [9.17, 15) is 9.59 Å². The lowest BCUT2D eigenvalue weighted by molar-refractivity contribution is 0.0982. The van der Waals surface area contributed by atoms with Gasteiger partial charge in [0.1, 0.15) is 0 Å². The molecule has 1 aliphatic heterocycles. The van der Waals surface area contributed by atoms with Gasteiger partial charge in [0.05, 0.1) is 19.3 Å². The fourth-order valence-corrected chi connectivity index (χ4v) is 2.49. The monoisotopic (exact) mass is 279 g/mol. The summed E-state index contributed by atoms with van der Waals surface area (Å²) in [7, 11) is 3.07. The Bertz CT molecular complexity index is 772. The average Bonchev–Trinajstić information content (AvgIpc) is 2.88. The molecule has 1 unspecified atom stereocenters. The topological polar surface area (TPSA) is 85.2 Å². The van der Waals surface area contributed by atoms with Crippen LogP contribution in [0.5, 0.6) is 0 Å². The maximum atomic E-state index is 12.1. The third-order valence-corrected chi connectivity index (χ3v) is 3.72. The van der Waals surface area contributed by atoms with Crippen molar-refractivity contribution in [3.63, 3.8) is 0 Å². The summed E-state index contributed by atoms with van der Waals surface area (Å²) < 4.78 is 7.84. The van der Waals surface area contributed by atoms with E-state index in [0.717, 1.165) is 4.57 Å². The van der Waals surface area contributed by atoms with Crippen LogP contribution in [0.15, 0.2) is 9.59 Å². The number of nitrogens with zero attached hydrogens (tertiary/aromatic N) is 4. The lowest BCUT2D eigenvalue weighted by Crippen LogP contribution is -2.44. The van der Waals surface area contributed by atoms with E-state index >= 15 is 0 Å². The van der Waals surface area contributed by atoms with Gasteiger partial charge in [0, 0.05) is 20.6 Å². The van der Waals surface area contributed by atoms with Crippen molar-refractivity contribution in [2.24, 2.45) is 14.1 Å². The Hall–Kier alpha value is -2.09. The molecule has 1 atom stereocenters. The number of H-pyrrole nitrogens is 1. The van der Waals surface area contributed by atoms with Gasteiger partial charge >= 0.3 is 5.69 Å². The molecule has 0 aromatic carbocycles. The molecule has 0 saturated carbocycles. The number of aromatic nitrogens is 4. The standard InChI is InChI=1S/C12H17N5O3/c1-7-6-20-5-4-17(7)11-13-8-9(14-11)15(2)12(19)16(3)10(8)18/h7H,4-6H2,1-3H3,(H,13,14). The van der Waals surface area contributed by atoms with Gasteiger partial charge in [0.15, 0.2) is 11.2 Å². The Balaban J connectivity index is 2.21. The van der Waals surface area contributed by atoms with Crippen LogP contribution >= 0.6 is 0 Å². The fraction of sp³-hybridized carbons (Fsp3) is 0.583. The van der Waals surface area contributed by atoms with Crippen molar-refractivity contribution in [3.8, 4) is 0 Å². The number of nitrogens with one attached hydrogen (secondary N) is 1. The molecule has 20 heavy (non-hydrogen) atoms. The number of morpholine rings is 1. The first-order chi connectivity index (χ1) is 9.50. The molecule has 0 bridgehead atoms. The van der Waals surface area contributed by atoms with Gasteiger partial charge in [-0.25, -0.2) is 4.79 Å². The van der Waals surface area contributed by atoms with E-state index in [1.54, 1.807) is 7.05 Å². The van der Waals surface area contributed by atoms with E-state index < -0.39 is 0 Å². The molecule has 1 aliphatic rings. The maximum absolute atomic E-state index is 12.1. The quantitative estimate of drug-likeness (QED) is 0.737. The number of anilines is 1. The highest BCUT2D eigenvalue weighted by atomic mass is 16.5. The van der Waals surface area contributed by atoms with Gasteiger partial charge in [-0.2, -0.15) is 4.98 Å². The summed E-state index contributed by atoms with van der Waals surface area (Å²) in [4.78, 5) is 33.5. The largest absolute Gasteiger partial charge is 0.377 e. The summed E-state index contributed by atoms with van der Waals surface area (Å²) in [5, 5.41) is 0.